The van der Waals surface area contributed by atoms with E-state index in [0.29, 0.717) is 13.0 Å². The third-order valence-electron chi connectivity index (χ3n) is 3.45. The number of nitrogens with zero attached hydrogens (tertiary/aromatic N) is 1. The molecule has 1 unspecified atom stereocenters. The van der Waals surface area contributed by atoms with Gasteiger partial charge >= 0.3 is 5.97 Å². The topological polar surface area (TPSA) is 58.6 Å². The van der Waals surface area contributed by atoms with Crippen LogP contribution in [-0.4, -0.2) is 31.6 Å². The molecule has 1 aromatic carbocycles. The Morgan fingerprint density at radius 1 is 1.45 bits per heavy atom. The SMILES string of the molecule is CCOC(=O)C(C)Nc1ccc2c(c1)CCC(=O)N2C. The fraction of sp³-hybridized carbons (Fsp3) is 0.467. The first kappa shape index (κ1) is 14.4. The number of ether oxygens (including phenoxy) is 1. The van der Waals surface area contributed by atoms with E-state index in [1.54, 1.807) is 25.8 Å². The Hall–Kier alpha value is -2.04. The number of aryl methyl sites for hydroxylation is 1. The second kappa shape index (κ2) is 5.94. The first-order valence-electron chi connectivity index (χ1n) is 6.85. The van der Waals surface area contributed by atoms with E-state index in [-0.39, 0.29) is 11.9 Å². The average molecular weight is 276 g/mol. The van der Waals surface area contributed by atoms with Crippen molar-refractivity contribution < 1.29 is 14.3 Å². The summed E-state index contributed by atoms with van der Waals surface area (Å²) < 4.78 is 4.97. The Kier molecular flexibility index (Phi) is 4.27. The minimum absolute atomic E-state index is 0.137. The summed E-state index contributed by atoms with van der Waals surface area (Å²) in [5, 5.41) is 3.12. The number of nitrogens with one attached hydrogen (secondary N) is 1. The molecular weight excluding hydrogens is 256 g/mol. The number of benzene rings is 1. The molecule has 0 spiro atoms. The Morgan fingerprint density at radius 3 is 2.90 bits per heavy atom. The van der Waals surface area contributed by atoms with Crippen molar-refractivity contribution in [1.29, 1.82) is 0 Å². The lowest BCUT2D eigenvalue weighted by atomic mass is 10.0. The fourth-order valence-electron chi connectivity index (χ4n) is 2.32. The van der Waals surface area contributed by atoms with Gasteiger partial charge in [-0.1, -0.05) is 0 Å². The van der Waals surface area contributed by atoms with Crippen molar-refractivity contribution in [2.45, 2.75) is 32.7 Å². The van der Waals surface area contributed by atoms with Crippen molar-refractivity contribution in [3.05, 3.63) is 23.8 Å². The number of carbonyl (C=O) groups excluding carboxylic acids is 2. The number of anilines is 2. The molecule has 1 aromatic rings. The zero-order valence-electron chi connectivity index (χ0n) is 12.1. The van der Waals surface area contributed by atoms with Crippen LogP contribution in [0.3, 0.4) is 0 Å². The van der Waals surface area contributed by atoms with Crippen LogP contribution in [-0.2, 0) is 20.7 Å². The molecule has 0 aromatic heterocycles. The van der Waals surface area contributed by atoms with Crippen LogP contribution < -0.4 is 10.2 Å². The molecule has 0 saturated heterocycles. The number of hydrogen-bond acceptors (Lipinski definition) is 4. The largest absolute Gasteiger partial charge is 0.464 e. The molecule has 108 valence electrons. The van der Waals surface area contributed by atoms with E-state index < -0.39 is 6.04 Å². The molecule has 20 heavy (non-hydrogen) atoms. The summed E-state index contributed by atoms with van der Waals surface area (Å²) in [4.78, 5) is 24.9. The van der Waals surface area contributed by atoms with Gasteiger partial charge in [0, 0.05) is 24.8 Å². The lowest BCUT2D eigenvalue weighted by Gasteiger charge is -2.26. The zero-order chi connectivity index (χ0) is 14.7. The van der Waals surface area contributed by atoms with E-state index >= 15 is 0 Å². The molecule has 5 heteroatoms. The molecule has 2 rings (SSSR count). The van der Waals surface area contributed by atoms with E-state index in [1.807, 2.05) is 18.2 Å². The average Bonchev–Trinajstić information content (AvgIpc) is 2.43. The molecule has 1 heterocycles. The maximum atomic E-state index is 11.6. The monoisotopic (exact) mass is 276 g/mol. The third-order valence-corrected chi connectivity index (χ3v) is 3.45. The van der Waals surface area contributed by atoms with Crippen molar-refractivity contribution in [2.24, 2.45) is 0 Å². The third kappa shape index (κ3) is 2.92. The number of esters is 1. The number of carbonyl (C=O) groups is 2. The summed E-state index contributed by atoms with van der Waals surface area (Å²) in [7, 11) is 1.79. The van der Waals surface area contributed by atoms with E-state index in [2.05, 4.69) is 5.32 Å². The number of fused-ring (bicyclic) bond motifs is 1. The van der Waals surface area contributed by atoms with Gasteiger partial charge in [-0.05, 0) is 44.0 Å². The highest BCUT2D eigenvalue weighted by Crippen LogP contribution is 2.29. The molecule has 0 saturated carbocycles. The first-order chi connectivity index (χ1) is 9.52. The summed E-state index contributed by atoms with van der Waals surface area (Å²) >= 11 is 0. The zero-order valence-corrected chi connectivity index (χ0v) is 12.1. The van der Waals surface area contributed by atoms with Crippen molar-refractivity contribution in [1.82, 2.24) is 0 Å². The Morgan fingerprint density at radius 2 is 2.20 bits per heavy atom. The molecular formula is C15H20N2O3. The van der Waals surface area contributed by atoms with Gasteiger partial charge in [-0.3, -0.25) is 4.79 Å². The van der Waals surface area contributed by atoms with Crippen LogP contribution in [0.1, 0.15) is 25.8 Å². The van der Waals surface area contributed by atoms with Gasteiger partial charge in [-0.15, -0.1) is 0 Å². The smallest absolute Gasteiger partial charge is 0.328 e. The molecule has 1 aliphatic rings. The van der Waals surface area contributed by atoms with Crippen molar-refractivity contribution in [3.8, 4) is 0 Å². The molecule has 1 aliphatic heterocycles. The van der Waals surface area contributed by atoms with Crippen LogP contribution in [0.25, 0.3) is 0 Å². The Balaban J connectivity index is 2.12. The summed E-state index contributed by atoms with van der Waals surface area (Å²) in [6, 6.07) is 5.39. The minimum atomic E-state index is -0.393. The molecule has 0 aliphatic carbocycles. The lowest BCUT2D eigenvalue weighted by molar-refractivity contribution is -0.143. The minimum Gasteiger partial charge on any atom is -0.464 e. The van der Waals surface area contributed by atoms with Crippen LogP contribution >= 0.6 is 0 Å². The summed E-state index contributed by atoms with van der Waals surface area (Å²) in [6.45, 7) is 3.94. The standard InChI is InChI=1S/C15H20N2O3/c1-4-20-15(19)10(2)16-12-6-7-13-11(9-12)5-8-14(18)17(13)3/h6-7,9-10,16H,4-5,8H2,1-3H3. The van der Waals surface area contributed by atoms with Crippen molar-refractivity contribution in [2.75, 3.05) is 23.9 Å². The van der Waals surface area contributed by atoms with Gasteiger partial charge in [0.15, 0.2) is 0 Å². The predicted octanol–water partition coefficient (Wildman–Crippen LogP) is 1.96. The fourth-order valence-corrected chi connectivity index (χ4v) is 2.32. The maximum absolute atomic E-state index is 11.6. The van der Waals surface area contributed by atoms with E-state index in [1.165, 1.54) is 0 Å². The lowest BCUT2D eigenvalue weighted by Crippen LogP contribution is -2.31. The molecule has 1 amide bonds. The Bertz CT molecular complexity index is 528. The molecule has 0 radical (unpaired) electrons. The van der Waals surface area contributed by atoms with Crippen LogP contribution in [0.5, 0.6) is 0 Å². The second-order valence-corrected chi connectivity index (χ2v) is 4.91. The van der Waals surface area contributed by atoms with Crippen molar-refractivity contribution >= 4 is 23.3 Å². The van der Waals surface area contributed by atoms with Crippen LogP contribution in [0.15, 0.2) is 18.2 Å². The summed E-state index contributed by atoms with van der Waals surface area (Å²) in [5.74, 6) is -0.129. The molecule has 1 atom stereocenters. The molecule has 5 nitrogen and oxygen atoms in total. The Labute approximate surface area is 118 Å². The highest BCUT2D eigenvalue weighted by molar-refractivity contribution is 5.96. The van der Waals surface area contributed by atoms with Gasteiger partial charge in [0.25, 0.3) is 0 Å². The highest BCUT2D eigenvalue weighted by atomic mass is 16.5. The van der Waals surface area contributed by atoms with Crippen LogP contribution in [0.4, 0.5) is 11.4 Å². The maximum Gasteiger partial charge on any atom is 0.328 e. The van der Waals surface area contributed by atoms with Gasteiger partial charge in [0.1, 0.15) is 6.04 Å². The van der Waals surface area contributed by atoms with Gasteiger partial charge in [0.05, 0.1) is 6.61 Å². The first-order valence-corrected chi connectivity index (χ1v) is 6.85. The van der Waals surface area contributed by atoms with Gasteiger partial charge in [0.2, 0.25) is 5.91 Å². The highest BCUT2D eigenvalue weighted by Gasteiger charge is 2.21. The number of rotatable bonds is 4. The number of hydrogen-bond donors (Lipinski definition) is 1. The van der Waals surface area contributed by atoms with Crippen LogP contribution in [0, 0.1) is 0 Å². The quantitative estimate of drug-likeness (QED) is 0.854. The van der Waals surface area contributed by atoms with Gasteiger partial charge in [-0.2, -0.15) is 0 Å². The van der Waals surface area contributed by atoms with Crippen LogP contribution in [0.2, 0.25) is 0 Å². The summed E-state index contributed by atoms with van der Waals surface area (Å²) in [6.07, 6.45) is 1.27. The summed E-state index contributed by atoms with van der Waals surface area (Å²) in [5.41, 5.74) is 2.93. The molecule has 0 fully saturated rings. The molecule has 1 N–H and O–H groups in total. The second-order valence-electron chi connectivity index (χ2n) is 4.91. The normalized spacial score (nSPS) is 15.6. The van der Waals surface area contributed by atoms with E-state index in [4.69, 9.17) is 4.74 Å². The van der Waals surface area contributed by atoms with Gasteiger partial charge in [-0.25, -0.2) is 4.79 Å². The van der Waals surface area contributed by atoms with Crippen molar-refractivity contribution in [3.63, 3.8) is 0 Å². The van der Waals surface area contributed by atoms with E-state index in [9.17, 15) is 9.59 Å². The van der Waals surface area contributed by atoms with Gasteiger partial charge < -0.3 is 15.0 Å². The predicted molar refractivity (Wildman–Crippen MR) is 77.9 cm³/mol. The van der Waals surface area contributed by atoms with E-state index in [0.717, 1.165) is 23.4 Å². The number of amides is 1. The molecule has 0 bridgehead atoms.